The molecule has 68 valence electrons. The number of hydrogen-bond acceptors (Lipinski definition) is 2. The van der Waals surface area contributed by atoms with Crippen LogP contribution in [-0.2, 0) is 4.79 Å². The number of amides is 1. The molecule has 0 atom stereocenters. The molecule has 2 aliphatic rings. The van der Waals surface area contributed by atoms with E-state index < -0.39 is 0 Å². The van der Waals surface area contributed by atoms with Crippen LogP contribution in [0.15, 0.2) is 29.2 Å². The van der Waals surface area contributed by atoms with Crippen molar-refractivity contribution in [2.24, 2.45) is 10.9 Å². The number of carbonyl (C=O) groups is 1. The molecule has 0 aromatic rings. The Kier molecular flexibility index (Phi) is 1.79. The fourth-order valence-electron chi connectivity index (χ4n) is 1.53. The van der Waals surface area contributed by atoms with Crippen molar-refractivity contribution >= 4 is 12.1 Å². The molecule has 0 aromatic carbocycles. The number of nitrogens with zero attached hydrogens (tertiary/aromatic N) is 2. The number of allylic oxidation sites excluding steroid dienone is 2. The standard InChI is InChI=1S/C10H12N2O/c1-7-5-11-6-10(9-3-4-9)12(7)8(2)13/h5-6,9H,1,3-4H2,2H3. The van der Waals surface area contributed by atoms with Gasteiger partial charge in [-0.05, 0) is 12.8 Å². The van der Waals surface area contributed by atoms with Gasteiger partial charge in [0.15, 0.2) is 0 Å². The van der Waals surface area contributed by atoms with Crippen molar-refractivity contribution in [2.45, 2.75) is 19.8 Å². The molecule has 13 heavy (non-hydrogen) atoms. The average Bonchev–Trinajstić information content (AvgIpc) is 2.85. The van der Waals surface area contributed by atoms with Crippen LogP contribution in [0.1, 0.15) is 19.8 Å². The van der Waals surface area contributed by atoms with Gasteiger partial charge in [-0.15, -0.1) is 0 Å². The summed E-state index contributed by atoms with van der Waals surface area (Å²) in [7, 11) is 0. The highest BCUT2D eigenvalue weighted by molar-refractivity contribution is 5.89. The van der Waals surface area contributed by atoms with Crippen molar-refractivity contribution in [3.05, 3.63) is 24.2 Å². The molecule has 1 aliphatic carbocycles. The average molecular weight is 176 g/mol. The Hall–Kier alpha value is -1.38. The molecule has 0 radical (unpaired) electrons. The highest BCUT2D eigenvalue weighted by Gasteiger charge is 2.33. The Morgan fingerprint density at radius 2 is 2.38 bits per heavy atom. The topological polar surface area (TPSA) is 32.7 Å². The Balaban J connectivity index is 2.29. The molecule has 0 spiro atoms. The Bertz CT molecular complexity index is 324. The van der Waals surface area contributed by atoms with Crippen LogP contribution in [0.5, 0.6) is 0 Å². The van der Waals surface area contributed by atoms with E-state index in [-0.39, 0.29) is 5.91 Å². The molecular weight excluding hydrogens is 164 g/mol. The van der Waals surface area contributed by atoms with Crippen LogP contribution in [0, 0.1) is 5.92 Å². The smallest absolute Gasteiger partial charge is 0.228 e. The monoisotopic (exact) mass is 176 g/mol. The van der Waals surface area contributed by atoms with Crippen LogP contribution in [0.25, 0.3) is 0 Å². The quantitative estimate of drug-likeness (QED) is 0.598. The van der Waals surface area contributed by atoms with E-state index in [1.165, 1.54) is 12.8 Å². The van der Waals surface area contributed by atoms with Crippen LogP contribution in [0.2, 0.25) is 0 Å². The lowest BCUT2D eigenvalue weighted by Crippen LogP contribution is -2.30. The normalized spacial score (nSPS) is 21.8. The molecule has 1 heterocycles. The van der Waals surface area contributed by atoms with Crippen LogP contribution in [0.4, 0.5) is 0 Å². The maximum atomic E-state index is 11.3. The van der Waals surface area contributed by atoms with E-state index in [9.17, 15) is 4.79 Å². The fourth-order valence-corrected chi connectivity index (χ4v) is 1.53. The van der Waals surface area contributed by atoms with Gasteiger partial charge in [-0.25, -0.2) is 0 Å². The highest BCUT2D eigenvalue weighted by Crippen LogP contribution is 2.40. The summed E-state index contributed by atoms with van der Waals surface area (Å²) in [4.78, 5) is 17.0. The molecule has 3 heteroatoms. The van der Waals surface area contributed by atoms with Crippen LogP contribution >= 0.6 is 0 Å². The maximum absolute atomic E-state index is 11.3. The van der Waals surface area contributed by atoms with E-state index in [0.29, 0.717) is 11.6 Å². The minimum absolute atomic E-state index is 0.0225. The lowest BCUT2D eigenvalue weighted by Gasteiger charge is -2.25. The van der Waals surface area contributed by atoms with Gasteiger partial charge < -0.3 is 0 Å². The first-order chi connectivity index (χ1) is 6.20. The number of rotatable bonds is 1. The van der Waals surface area contributed by atoms with Gasteiger partial charge >= 0.3 is 0 Å². The van der Waals surface area contributed by atoms with E-state index in [1.54, 1.807) is 24.2 Å². The number of hydrogen-bond donors (Lipinski definition) is 0. The summed E-state index contributed by atoms with van der Waals surface area (Å²) in [5.41, 5.74) is 1.69. The van der Waals surface area contributed by atoms with E-state index >= 15 is 0 Å². The molecule has 3 nitrogen and oxygen atoms in total. The molecule has 1 amide bonds. The third-order valence-electron chi connectivity index (χ3n) is 2.29. The lowest BCUT2D eigenvalue weighted by atomic mass is 10.2. The van der Waals surface area contributed by atoms with Gasteiger partial charge in [-0.3, -0.25) is 14.7 Å². The largest absolute Gasteiger partial charge is 0.282 e. The summed E-state index contributed by atoms with van der Waals surface area (Å²) >= 11 is 0. The predicted molar refractivity (Wildman–Crippen MR) is 51.0 cm³/mol. The molecule has 1 saturated carbocycles. The third kappa shape index (κ3) is 1.41. The highest BCUT2D eigenvalue weighted by atomic mass is 16.2. The molecular formula is C10H12N2O. The van der Waals surface area contributed by atoms with Crippen molar-refractivity contribution in [1.82, 2.24) is 4.90 Å². The first-order valence-electron chi connectivity index (χ1n) is 4.43. The maximum Gasteiger partial charge on any atom is 0.228 e. The second-order valence-electron chi connectivity index (χ2n) is 3.45. The SMILES string of the molecule is C=C1C=NC=C(C2CC2)N1C(C)=O. The molecule has 0 bridgehead atoms. The number of carbonyl (C=O) groups excluding carboxylic acids is 1. The second-order valence-corrected chi connectivity index (χ2v) is 3.45. The zero-order valence-corrected chi connectivity index (χ0v) is 7.66. The minimum atomic E-state index is 0.0225. The summed E-state index contributed by atoms with van der Waals surface area (Å²) in [6, 6.07) is 0. The zero-order valence-electron chi connectivity index (χ0n) is 7.66. The summed E-state index contributed by atoms with van der Waals surface area (Å²) in [5.74, 6) is 0.549. The van der Waals surface area contributed by atoms with Crippen molar-refractivity contribution < 1.29 is 4.79 Å². The molecule has 0 unspecified atom stereocenters. The van der Waals surface area contributed by atoms with Gasteiger partial charge in [-0.1, -0.05) is 6.58 Å². The van der Waals surface area contributed by atoms with Gasteiger partial charge in [0.2, 0.25) is 5.91 Å². The summed E-state index contributed by atoms with van der Waals surface area (Å²) in [5, 5.41) is 0. The van der Waals surface area contributed by atoms with E-state index in [0.717, 1.165) is 5.70 Å². The summed E-state index contributed by atoms with van der Waals surface area (Å²) in [6.07, 6.45) is 5.72. The van der Waals surface area contributed by atoms with E-state index in [2.05, 4.69) is 11.6 Å². The molecule has 0 saturated heterocycles. The fraction of sp³-hybridized carbons (Fsp3) is 0.400. The summed E-state index contributed by atoms with van der Waals surface area (Å²) in [6.45, 7) is 5.35. The lowest BCUT2D eigenvalue weighted by molar-refractivity contribution is -0.125. The Labute approximate surface area is 77.4 Å². The molecule has 0 aromatic heterocycles. The van der Waals surface area contributed by atoms with Crippen LogP contribution in [-0.4, -0.2) is 17.0 Å². The van der Waals surface area contributed by atoms with Gasteiger partial charge in [0.1, 0.15) is 0 Å². The molecule has 1 aliphatic heterocycles. The van der Waals surface area contributed by atoms with Crippen molar-refractivity contribution in [3.8, 4) is 0 Å². The first-order valence-corrected chi connectivity index (χ1v) is 4.43. The van der Waals surface area contributed by atoms with E-state index in [4.69, 9.17) is 0 Å². The predicted octanol–water partition coefficient (Wildman–Crippen LogP) is 1.68. The van der Waals surface area contributed by atoms with Gasteiger partial charge in [0, 0.05) is 24.7 Å². The Morgan fingerprint density at radius 1 is 1.69 bits per heavy atom. The van der Waals surface area contributed by atoms with Crippen molar-refractivity contribution in [1.29, 1.82) is 0 Å². The zero-order chi connectivity index (χ0) is 9.42. The van der Waals surface area contributed by atoms with Gasteiger partial charge in [0.05, 0.1) is 11.9 Å². The van der Waals surface area contributed by atoms with Gasteiger partial charge in [0.25, 0.3) is 0 Å². The second kappa shape index (κ2) is 2.83. The molecule has 0 N–H and O–H groups in total. The molecule has 2 rings (SSSR count). The van der Waals surface area contributed by atoms with Crippen LogP contribution < -0.4 is 0 Å². The third-order valence-corrected chi connectivity index (χ3v) is 2.29. The molecule has 1 fully saturated rings. The van der Waals surface area contributed by atoms with Crippen molar-refractivity contribution in [3.63, 3.8) is 0 Å². The first kappa shape index (κ1) is 8.23. The summed E-state index contributed by atoms with van der Waals surface area (Å²) < 4.78 is 0. The van der Waals surface area contributed by atoms with Crippen molar-refractivity contribution in [2.75, 3.05) is 0 Å². The Morgan fingerprint density at radius 3 is 2.92 bits per heavy atom. The van der Waals surface area contributed by atoms with Gasteiger partial charge in [-0.2, -0.15) is 0 Å². The van der Waals surface area contributed by atoms with E-state index in [1.807, 2.05) is 0 Å². The van der Waals surface area contributed by atoms with Crippen LogP contribution in [0.3, 0.4) is 0 Å². The minimum Gasteiger partial charge on any atom is -0.282 e. The number of aliphatic imine (C=N–C) groups is 1.